The predicted octanol–water partition coefficient (Wildman–Crippen LogP) is 4.05. The normalized spacial score (nSPS) is 16.1. The minimum atomic E-state index is -0.221. The Bertz CT molecular complexity index is 1050. The van der Waals surface area contributed by atoms with Crippen LogP contribution in [-0.4, -0.2) is 52.6 Å². The first-order chi connectivity index (χ1) is 14.0. The first kappa shape index (κ1) is 19.9. The van der Waals surface area contributed by atoms with Crippen molar-refractivity contribution >= 4 is 40.0 Å². The molecule has 3 heterocycles. The molecule has 1 N–H and O–H groups in total. The minimum absolute atomic E-state index is 0.139. The number of rotatable bonds is 5. The van der Waals surface area contributed by atoms with Crippen LogP contribution in [0.4, 0.5) is 0 Å². The van der Waals surface area contributed by atoms with Crippen molar-refractivity contribution in [2.24, 2.45) is 0 Å². The van der Waals surface area contributed by atoms with Crippen molar-refractivity contribution in [3.05, 3.63) is 51.7 Å². The van der Waals surface area contributed by atoms with Crippen LogP contribution in [0.5, 0.6) is 5.75 Å². The summed E-state index contributed by atoms with van der Waals surface area (Å²) in [4.78, 5) is 26.6. The number of carbonyl (C=O) groups is 1. The zero-order valence-corrected chi connectivity index (χ0v) is 17.5. The van der Waals surface area contributed by atoms with Crippen molar-refractivity contribution < 1.29 is 14.3 Å². The van der Waals surface area contributed by atoms with E-state index in [0.717, 1.165) is 22.2 Å². The minimum Gasteiger partial charge on any atom is -0.488 e. The number of hydrogen-bond donors (Lipinski definition) is 1. The van der Waals surface area contributed by atoms with Gasteiger partial charge in [-0.05, 0) is 13.0 Å². The third-order valence-corrected chi connectivity index (χ3v) is 5.91. The van der Waals surface area contributed by atoms with E-state index in [4.69, 9.17) is 32.7 Å². The van der Waals surface area contributed by atoms with Gasteiger partial charge in [0.15, 0.2) is 5.75 Å². The predicted molar refractivity (Wildman–Crippen MR) is 111 cm³/mol. The molecule has 2 aromatic heterocycles. The Balaban J connectivity index is 1.58. The van der Waals surface area contributed by atoms with Gasteiger partial charge in [0, 0.05) is 36.7 Å². The third kappa shape index (κ3) is 3.66. The van der Waals surface area contributed by atoms with Gasteiger partial charge in [-0.2, -0.15) is 0 Å². The molecular formula is C20H20Cl2N4O3. The van der Waals surface area contributed by atoms with Gasteiger partial charge < -0.3 is 19.4 Å². The summed E-state index contributed by atoms with van der Waals surface area (Å²) in [5, 5.41) is 1.97. The van der Waals surface area contributed by atoms with Gasteiger partial charge in [0.05, 0.1) is 40.6 Å². The molecule has 1 amide bonds. The summed E-state index contributed by atoms with van der Waals surface area (Å²) >= 11 is 12.5. The molecule has 0 spiro atoms. The Hall–Kier alpha value is -2.35. The Labute approximate surface area is 177 Å². The smallest absolute Gasteiger partial charge is 0.292 e. The number of benzene rings is 1. The van der Waals surface area contributed by atoms with E-state index in [9.17, 15) is 4.79 Å². The van der Waals surface area contributed by atoms with Gasteiger partial charge in [-0.1, -0.05) is 29.3 Å². The van der Waals surface area contributed by atoms with Gasteiger partial charge in [-0.3, -0.25) is 4.79 Å². The van der Waals surface area contributed by atoms with Gasteiger partial charge in [0.25, 0.3) is 5.91 Å². The molecule has 1 atom stereocenters. The molecule has 152 valence electrons. The van der Waals surface area contributed by atoms with E-state index in [-0.39, 0.29) is 17.8 Å². The summed E-state index contributed by atoms with van der Waals surface area (Å²) in [5.74, 6) is 0.414. The average molecular weight is 435 g/mol. The van der Waals surface area contributed by atoms with Gasteiger partial charge in [0.1, 0.15) is 6.61 Å². The molecule has 0 radical (unpaired) electrons. The number of methoxy groups -OCH3 is 1. The highest BCUT2D eigenvalue weighted by Gasteiger charge is 2.32. The quantitative estimate of drug-likeness (QED) is 0.612. The van der Waals surface area contributed by atoms with E-state index in [1.165, 1.54) is 12.4 Å². The number of nitrogens with zero attached hydrogens (tertiary/aromatic N) is 3. The van der Waals surface area contributed by atoms with Crippen molar-refractivity contribution in [2.45, 2.75) is 19.4 Å². The van der Waals surface area contributed by atoms with Gasteiger partial charge in [-0.25, -0.2) is 9.97 Å². The van der Waals surface area contributed by atoms with Crippen LogP contribution in [0.15, 0.2) is 24.5 Å². The fourth-order valence-corrected chi connectivity index (χ4v) is 4.05. The zero-order chi connectivity index (χ0) is 20.5. The molecule has 0 saturated heterocycles. The molecule has 1 unspecified atom stereocenters. The summed E-state index contributed by atoms with van der Waals surface area (Å²) in [6.07, 6.45) is 3.69. The molecule has 1 aromatic carbocycles. The second kappa shape index (κ2) is 8.18. The van der Waals surface area contributed by atoms with E-state index in [1.54, 1.807) is 18.1 Å². The van der Waals surface area contributed by atoms with Crippen LogP contribution in [-0.2, 0) is 11.2 Å². The van der Waals surface area contributed by atoms with Gasteiger partial charge in [-0.15, -0.1) is 0 Å². The second-order valence-corrected chi connectivity index (χ2v) is 7.59. The molecular weight excluding hydrogens is 415 g/mol. The van der Waals surface area contributed by atoms with Gasteiger partial charge >= 0.3 is 0 Å². The van der Waals surface area contributed by atoms with E-state index in [0.29, 0.717) is 42.0 Å². The van der Waals surface area contributed by atoms with Crippen LogP contribution in [0, 0.1) is 0 Å². The molecule has 1 aliphatic heterocycles. The fraction of sp³-hybridized carbons (Fsp3) is 0.350. The molecule has 0 aliphatic carbocycles. The molecule has 0 saturated carbocycles. The zero-order valence-electron chi connectivity index (χ0n) is 16.0. The Morgan fingerprint density at radius 1 is 1.28 bits per heavy atom. The monoisotopic (exact) mass is 434 g/mol. The first-order valence-electron chi connectivity index (χ1n) is 9.24. The maximum Gasteiger partial charge on any atom is 0.292 e. The van der Waals surface area contributed by atoms with Crippen LogP contribution in [0.1, 0.15) is 34.8 Å². The highest BCUT2D eigenvalue weighted by Crippen LogP contribution is 2.40. The second-order valence-electron chi connectivity index (χ2n) is 6.81. The number of hydrogen-bond acceptors (Lipinski definition) is 5. The molecule has 7 nitrogen and oxygen atoms in total. The molecule has 3 aromatic rings. The molecule has 9 heteroatoms. The number of aromatic nitrogens is 3. The number of ether oxygens (including phenoxy) is 2. The van der Waals surface area contributed by atoms with Crippen molar-refractivity contribution in [3.8, 4) is 5.75 Å². The number of halogens is 2. The Morgan fingerprint density at radius 2 is 2.03 bits per heavy atom. The topological polar surface area (TPSA) is 80.3 Å². The summed E-state index contributed by atoms with van der Waals surface area (Å²) in [6, 6.07) is 3.56. The maximum absolute atomic E-state index is 13.1. The van der Waals surface area contributed by atoms with Crippen LogP contribution in [0.25, 0.3) is 10.9 Å². The number of amides is 1. The van der Waals surface area contributed by atoms with Crippen LogP contribution >= 0.6 is 23.2 Å². The van der Waals surface area contributed by atoms with Gasteiger partial charge in [0.2, 0.25) is 5.82 Å². The average Bonchev–Trinajstić information content (AvgIpc) is 3.11. The number of H-pyrrole nitrogens is 1. The molecule has 0 bridgehead atoms. The summed E-state index contributed by atoms with van der Waals surface area (Å²) in [6.45, 7) is 3.41. The van der Waals surface area contributed by atoms with E-state index < -0.39 is 0 Å². The van der Waals surface area contributed by atoms with E-state index in [2.05, 4.69) is 15.0 Å². The van der Waals surface area contributed by atoms with Crippen molar-refractivity contribution in [2.75, 3.05) is 26.9 Å². The van der Waals surface area contributed by atoms with Crippen LogP contribution < -0.4 is 4.74 Å². The lowest BCUT2D eigenvalue weighted by Gasteiger charge is -2.33. The Kier molecular flexibility index (Phi) is 5.63. The summed E-state index contributed by atoms with van der Waals surface area (Å²) in [7, 11) is 1.60. The highest BCUT2D eigenvalue weighted by atomic mass is 35.5. The first-order valence-corrected chi connectivity index (χ1v) is 10.00. The van der Waals surface area contributed by atoms with Crippen molar-refractivity contribution in [3.63, 3.8) is 0 Å². The SMILES string of the molecule is COCCOc1cnc(C(=O)N2CCc3[nH]c4c(Cl)c(Cl)ccc4c3C2C)nc1. The number of nitrogens with one attached hydrogen (secondary N) is 1. The van der Waals surface area contributed by atoms with Crippen molar-refractivity contribution in [1.82, 2.24) is 19.9 Å². The lowest BCUT2D eigenvalue weighted by atomic mass is 9.97. The highest BCUT2D eigenvalue weighted by molar-refractivity contribution is 6.45. The lowest BCUT2D eigenvalue weighted by Crippen LogP contribution is -2.39. The molecule has 0 fully saturated rings. The summed E-state index contributed by atoms with van der Waals surface area (Å²) in [5.41, 5.74) is 2.93. The molecule has 4 rings (SSSR count). The maximum atomic E-state index is 13.1. The van der Waals surface area contributed by atoms with E-state index >= 15 is 0 Å². The van der Waals surface area contributed by atoms with E-state index in [1.807, 2.05) is 13.0 Å². The number of fused-ring (bicyclic) bond motifs is 3. The Morgan fingerprint density at radius 3 is 2.76 bits per heavy atom. The third-order valence-electron chi connectivity index (χ3n) is 5.11. The van der Waals surface area contributed by atoms with Crippen molar-refractivity contribution in [1.29, 1.82) is 0 Å². The molecule has 29 heavy (non-hydrogen) atoms. The standard InChI is InChI=1S/C20H20Cl2N4O3/c1-11-16-13-3-4-14(21)17(22)18(13)25-15(16)5-6-26(11)20(27)19-23-9-12(10-24-19)29-8-7-28-2/h3-4,9-11,25H,5-8H2,1-2H3. The lowest BCUT2D eigenvalue weighted by molar-refractivity contribution is 0.0665. The molecule has 1 aliphatic rings. The van der Waals surface area contributed by atoms with Crippen LogP contribution in [0.2, 0.25) is 10.0 Å². The fourth-order valence-electron chi connectivity index (χ4n) is 3.68. The number of aromatic amines is 1. The number of carbonyl (C=O) groups excluding carboxylic acids is 1. The largest absolute Gasteiger partial charge is 0.488 e. The van der Waals surface area contributed by atoms with Crippen LogP contribution in [0.3, 0.4) is 0 Å². The summed E-state index contributed by atoms with van der Waals surface area (Å²) < 4.78 is 10.4.